The summed E-state index contributed by atoms with van der Waals surface area (Å²) in [4.78, 5) is 24.3. The van der Waals surface area contributed by atoms with Gasteiger partial charge in [-0.1, -0.05) is 31.9 Å². The number of ketones is 1. The van der Waals surface area contributed by atoms with E-state index in [1.807, 2.05) is 12.3 Å². The molecule has 2 aliphatic rings. The molecule has 3 unspecified atom stereocenters. The Morgan fingerprint density at radius 2 is 1.97 bits per heavy atom. The standard InChI is InChI=1S/C30H42FN3O/c1-4-5-9-23-15-16-26(33-21(23)2)10-6-7-12-28(31)25-17-19-34(20-25)30(22(3)35)27-11-8-18-32-29(27)24-13-14-24/h8,11,15-16,18,24-25,28,30H,4-7,9-10,12-14,17,19-20H2,1-3H3. The van der Waals surface area contributed by atoms with Crippen molar-refractivity contribution in [1.29, 1.82) is 0 Å². The van der Waals surface area contributed by atoms with Crippen LogP contribution in [0, 0.1) is 12.8 Å². The third kappa shape index (κ3) is 6.75. The maximum atomic E-state index is 15.2. The van der Waals surface area contributed by atoms with Gasteiger partial charge in [0.25, 0.3) is 0 Å². The number of pyridine rings is 2. The van der Waals surface area contributed by atoms with Crippen LogP contribution in [0.3, 0.4) is 0 Å². The first-order valence-corrected chi connectivity index (χ1v) is 13.8. The lowest BCUT2D eigenvalue weighted by atomic mass is 9.96. The zero-order valence-corrected chi connectivity index (χ0v) is 21.8. The van der Waals surface area contributed by atoms with Crippen molar-refractivity contribution in [3.05, 3.63) is 58.7 Å². The van der Waals surface area contributed by atoms with E-state index in [4.69, 9.17) is 4.98 Å². The Hall–Kier alpha value is -2.14. The van der Waals surface area contributed by atoms with E-state index in [9.17, 15) is 4.79 Å². The molecular formula is C30H42FN3O. The van der Waals surface area contributed by atoms with Crippen LogP contribution in [-0.2, 0) is 17.6 Å². The predicted octanol–water partition coefficient (Wildman–Crippen LogP) is 6.71. The Balaban J connectivity index is 1.26. The SMILES string of the molecule is CCCCc1ccc(CCCCC(F)C2CCN(C(C(C)=O)c3cccnc3C3CC3)C2)nc1C. The summed E-state index contributed by atoms with van der Waals surface area (Å²) in [5.74, 6) is 0.641. The fourth-order valence-corrected chi connectivity index (χ4v) is 5.67. The average Bonchev–Trinajstić information content (AvgIpc) is 3.58. The molecule has 0 radical (unpaired) electrons. The van der Waals surface area contributed by atoms with Crippen molar-refractivity contribution in [3.8, 4) is 0 Å². The third-order valence-electron chi connectivity index (χ3n) is 7.86. The highest BCUT2D eigenvalue weighted by Gasteiger charge is 2.38. The first kappa shape index (κ1) is 25.9. The third-order valence-corrected chi connectivity index (χ3v) is 7.86. The Morgan fingerprint density at radius 1 is 1.14 bits per heavy atom. The summed E-state index contributed by atoms with van der Waals surface area (Å²) in [5.41, 5.74) is 5.74. The zero-order valence-electron chi connectivity index (χ0n) is 21.8. The van der Waals surface area contributed by atoms with Crippen molar-refractivity contribution in [2.75, 3.05) is 13.1 Å². The van der Waals surface area contributed by atoms with E-state index in [0.29, 0.717) is 18.9 Å². The lowest BCUT2D eigenvalue weighted by molar-refractivity contribution is -0.122. The van der Waals surface area contributed by atoms with Gasteiger partial charge < -0.3 is 0 Å². The van der Waals surface area contributed by atoms with Gasteiger partial charge in [-0.3, -0.25) is 19.7 Å². The number of nitrogens with zero attached hydrogens (tertiary/aromatic N) is 3. The van der Waals surface area contributed by atoms with E-state index in [-0.39, 0.29) is 17.7 Å². The molecule has 0 bridgehead atoms. The lowest BCUT2D eigenvalue weighted by Crippen LogP contribution is -2.33. The van der Waals surface area contributed by atoms with E-state index in [1.54, 1.807) is 6.92 Å². The molecule has 3 atom stereocenters. The molecule has 190 valence electrons. The number of alkyl halides is 1. The summed E-state index contributed by atoms with van der Waals surface area (Å²) in [6.45, 7) is 7.42. The van der Waals surface area contributed by atoms with Gasteiger partial charge in [-0.15, -0.1) is 0 Å². The Morgan fingerprint density at radius 3 is 2.69 bits per heavy atom. The van der Waals surface area contributed by atoms with Gasteiger partial charge >= 0.3 is 0 Å². The van der Waals surface area contributed by atoms with Crippen LogP contribution in [0.2, 0.25) is 0 Å². The van der Waals surface area contributed by atoms with Crippen molar-refractivity contribution in [2.45, 2.75) is 103 Å². The Bertz CT molecular complexity index is 989. The number of halogens is 1. The smallest absolute Gasteiger partial charge is 0.151 e. The maximum absolute atomic E-state index is 15.2. The van der Waals surface area contributed by atoms with Crippen molar-refractivity contribution in [1.82, 2.24) is 14.9 Å². The quantitative estimate of drug-likeness (QED) is 0.300. The molecule has 1 aliphatic carbocycles. The number of hydrogen-bond donors (Lipinski definition) is 0. The molecule has 3 heterocycles. The van der Waals surface area contributed by atoms with Gasteiger partial charge in [0.15, 0.2) is 5.78 Å². The van der Waals surface area contributed by atoms with E-state index < -0.39 is 6.17 Å². The van der Waals surface area contributed by atoms with Crippen LogP contribution in [-0.4, -0.2) is 39.9 Å². The number of hydrogen-bond acceptors (Lipinski definition) is 4. The van der Waals surface area contributed by atoms with E-state index in [2.05, 4.69) is 41.9 Å². The second-order valence-electron chi connectivity index (χ2n) is 10.7. The predicted molar refractivity (Wildman–Crippen MR) is 139 cm³/mol. The second kappa shape index (κ2) is 12.2. The molecule has 4 rings (SSSR count). The monoisotopic (exact) mass is 479 g/mol. The van der Waals surface area contributed by atoms with Crippen LogP contribution in [0.25, 0.3) is 0 Å². The van der Waals surface area contributed by atoms with Gasteiger partial charge in [0.05, 0.1) is 6.04 Å². The summed E-state index contributed by atoms with van der Waals surface area (Å²) >= 11 is 0. The number of Topliss-reactive ketones (excluding diaryl/α,β-unsaturated/α-hetero) is 1. The molecule has 2 fully saturated rings. The van der Waals surface area contributed by atoms with E-state index in [1.165, 1.54) is 18.4 Å². The van der Waals surface area contributed by atoms with E-state index in [0.717, 1.165) is 74.1 Å². The van der Waals surface area contributed by atoms with Gasteiger partial charge in [0.1, 0.15) is 6.17 Å². The minimum Gasteiger partial charge on any atom is -0.298 e. The molecule has 4 nitrogen and oxygen atoms in total. The Kier molecular flexibility index (Phi) is 9.04. The molecule has 2 aromatic rings. The molecule has 1 aliphatic heterocycles. The highest BCUT2D eigenvalue weighted by molar-refractivity contribution is 5.83. The summed E-state index contributed by atoms with van der Waals surface area (Å²) in [5, 5.41) is 0. The number of aryl methyl sites for hydroxylation is 3. The number of carbonyl (C=O) groups excluding carboxylic acids is 1. The van der Waals surface area contributed by atoms with Gasteiger partial charge in [-0.05, 0) is 95.0 Å². The summed E-state index contributed by atoms with van der Waals surface area (Å²) in [6, 6.07) is 8.07. The van der Waals surface area contributed by atoms with Gasteiger partial charge in [0.2, 0.25) is 0 Å². The largest absolute Gasteiger partial charge is 0.298 e. The normalized spacial score (nSPS) is 20.2. The van der Waals surface area contributed by atoms with Crippen LogP contribution in [0.4, 0.5) is 4.39 Å². The molecular weight excluding hydrogens is 437 g/mol. The second-order valence-corrected chi connectivity index (χ2v) is 10.7. The number of unbranched alkanes of at least 4 members (excludes halogenated alkanes) is 2. The zero-order chi connectivity index (χ0) is 24.8. The molecule has 0 N–H and O–H groups in total. The lowest BCUT2D eigenvalue weighted by Gasteiger charge is -2.28. The summed E-state index contributed by atoms with van der Waals surface area (Å²) in [6.07, 6.45) is 11.0. The first-order chi connectivity index (χ1) is 17.0. The minimum absolute atomic E-state index is 0.0103. The highest BCUT2D eigenvalue weighted by Crippen LogP contribution is 2.43. The van der Waals surface area contributed by atoms with Crippen LogP contribution in [0.15, 0.2) is 30.5 Å². The van der Waals surface area contributed by atoms with Crippen LogP contribution in [0.5, 0.6) is 0 Å². The molecule has 5 heteroatoms. The van der Waals surface area contributed by atoms with Gasteiger partial charge in [-0.2, -0.15) is 0 Å². The highest BCUT2D eigenvalue weighted by atomic mass is 19.1. The van der Waals surface area contributed by atoms with Gasteiger partial charge in [-0.25, -0.2) is 4.39 Å². The molecule has 2 aromatic heterocycles. The number of rotatable bonds is 13. The van der Waals surface area contributed by atoms with Crippen molar-refractivity contribution in [2.24, 2.45) is 5.92 Å². The topological polar surface area (TPSA) is 46.1 Å². The Labute approximate surface area is 210 Å². The summed E-state index contributed by atoms with van der Waals surface area (Å²) in [7, 11) is 0. The molecule has 1 saturated heterocycles. The maximum Gasteiger partial charge on any atom is 0.151 e. The minimum atomic E-state index is -0.810. The van der Waals surface area contributed by atoms with Crippen molar-refractivity contribution < 1.29 is 9.18 Å². The van der Waals surface area contributed by atoms with Crippen molar-refractivity contribution >= 4 is 5.78 Å². The van der Waals surface area contributed by atoms with Gasteiger partial charge in [0, 0.05) is 41.7 Å². The fraction of sp³-hybridized carbons (Fsp3) is 0.633. The van der Waals surface area contributed by atoms with Crippen molar-refractivity contribution in [3.63, 3.8) is 0 Å². The number of aromatic nitrogens is 2. The molecule has 0 spiro atoms. The van der Waals surface area contributed by atoms with Crippen LogP contribution >= 0.6 is 0 Å². The van der Waals surface area contributed by atoms with Crippen LogP contribution < -0.4 is 0 Å². The first-order valence-electron chi connectivity index (χ1n) is 13.8. The number of carbonyl (C=O) groups is 1. The molecule has 0 aromatic carbocycles. The molecule has 1 saturated carbocycles. The fourth-order valence-electron chi connectivity index (χ4n) is 5.67. The van der Waals surface area contributed by atoms with Crippen LogP contribution in [0.1, 0.15) is 105 Å². The van der Waals surface area contributed by atoms with E-state index >= 15 is 4.39 Å². The average molecular weight is 480 g/mol. The summed E-state index contributed by atoms with van der Waals surface area (Å²) < 4.78 is 15.2. The molecule has 35 heavy (non-hydrogen) atoms. The number of likely N-dealkylation sites (tertiary alicyclic amines) is 1. The molecule has 0 amide bonds.